The van der Waals surface area contributed by atoms with Crippen molar-refractivity contribution in [3.63, 3.8) is 0 Å². The van der Waals surface area contributed by atoms with Gasteiger partial charge in [0.05, 0.1) is 11.4 Å². The van der Waals surface area contributed by atoms with Gasteiger partial charge in [-0.1, -0.05) is 36.4 Å². The topological polar surface area (TPSA) is 116 Å². The second-order valence-corrected chi connectivity index (χ2v) is 5.05. The second kappa shape index (κ2) is 5.76. The predicted molar refractivity (Wildman–Crippen MR) is 92.6 cm³/mol. The number of anilines is 2. The molecule has 0 atom stereocenters. The maximum absolute atomic E-state index is 9.83. The Hall–Kier alpha value is -3.41. The number of nitrogens with zero attached hydrogens (tertiary/aromatic N) is 2. The highest BCUT2D eigenvalue weighted by Gasteiger charge is 2.16. The van der Waals surface area contributed by atoms with Gasteiger partial charge in [-0.3, -0.25) is 0 Å². The standard InChI is InChI=1S/C17H17N5O/c18-13(10-11-6-4-5-9-14(11)23)16-15(19)17(20)22(21-16)12-7-2-1-3-8-12/h1-10,23H,18-20H2/b13-10-. The lowest BCUT2D eigenvalue weighted by Gasteiger charge is -2.02. The molecule has 0 bridgehead atoms. The Morgan fingerprint density at radius 3 is 2.35 bits per heavy atom. The lowest BCUT2D eigenvalue weighted by Crippen LogP contribution is -2.02. The molecule has 0 saturated heterocycles. The third kappa shape index (κ3) is 2.69. The van der Waals surface area contributed by atoms with E-state index in [1.807, 2.05) is 30.3 Å². The van der Waals surface area contributed by atoms with Gasteiger partial charge in [0, 0.05) is 5.56 Å². The summed E-state index contributed by atoms with van der Waals surface area (Å²) in [7, 11) is 0. The molecular weight excluding hydrogens is 290 g/mol. The van der Waals surface area contributed by atoms with Gasteiger partial charge in [0.15, 0.2) is 5.82 Å². The average molecular weight is 307 g/mol. The number of hydrogen-bond donors (Lipinski definition) is 4. The molecule has 3 aromatic rings. The molecule has 0 unspecified atom stereocenters. The fraction of sp³-hybridized carbons (Fsp3) is 0. The first-order valence-corrected chi connectivity index (χ1v) is 7.03. The molecule has 6 nitrogen and oxygen atoms in total. The van der Waals surface area contributed by atoms with Crippen LogP contribution in [0.1, 0.15) is 11.3 Å². The lowest BCUT2D eigenvalue weighted by molar-refractivity contribution is 0.474. The summed E-state index contributed by atoms with van der Waals surface area (Å²) in [6.07, 6.45) is 1.61. The Labute approximate surface area is 133 Å². The summed E-state index contributed by atoms with van der Waals surface area (Å²) >= 11 is 0. The van der Waals surface area contributed by atoms with Crippen LogP contribution in [-0.2, 0) is 0 Å². The lowest BCUT2D eigenvalue weighted by atomic mass is 10.1. The molecule has 7 N–H and O–H groups in total. The molecule has 116 valence electrons. The Bertz CT molecular complexity index is 868. The Balaban J connectivity index is 2.06. The van der Waals surface area contributed by atoms with Gasteiger partial charge in [-0.2, -0.15) is 5.10 Å². The number of hydrogen-bond acceptors (Lipinski definition) is 5. The number of nitrogens with two attached hydrogens (primary N) is 3. The van der Waals surface area contributed by atoms with Crippen LogP contribution in [0.25, 0.3) is 17.5 Å². The SMILES string of the molecule is N/C(=C\c1ccccc1O)c1nn(-c2ccccc2)c(N)c1N. The van der Waals surface area contributed by atoms with Crippen molar-refractivity contribution in [3.8, 4) is 11.4 Å². The number of phenolic OH excluding ortho intramolecular Hbond substituents is 1. The predicted octanol–water partition coefficient (Wildman–Crippen LogP) is 2.20. The van der Waals surface area contributed by atoms with Crippen molar-refractivity contribution in [3.05, 3.63) is 65.9 Å². The second-order valence-electron chi connectivity index (χ2n) is 5.05. The Morgan fingerprint density at radius 2 is 1.65 bits per heavy atom. The molecule has 2 aromatic carbocycles. The van der Waals surface area contributed by atoms with E-state index in [1.165, 1.54) is 4.68 Å². The Kier molecular flexibility index (Phi) is 3.64. The summed E-state index contributed by atoms with van der Waals surface area (Å²) in [5.74, 6) is 0.448. The zero-order valence-electron chi connectivity index (χ0n) is 12.3. The highest BCUT2D eigenvalue weighted by molar-refractivity contribution is 5.87. The van der Waals surface area contributed by atoms with Gasteiger partial charge < -0.3 is 22.3 Å². The van der Waals surface area contributed by atoms with E-state index in [0.717, 1.165) is 5.69 Å². The third-order valence-electron chi connectivity index (χ3n) is 3.48. The molecule has 0 amide bonds. The minimum absolute atomic E-state index is 0.129. The van der Waals surface area contributed by atoms with Gasteiger partial charge in [-0.25, -0.2) is 4.68 Å². The summed E-state index contributed by atoms with van der Waals surface area (Å²) < 4.78 is 1.54. The smallest absolute Gasteiger partial charge is 0.151 e. The molecule has 0 aliphatic carbocycles. The number of para-hydroxylation sites is 2. The third-order valence-corrected chi connectivity index (χ3v) is 3.48. The molecule has 1 heterocycles. The van der Waals surface area contributed by atoms with Crippen LogP contribution >= 0.6 is 0 Å². The van der Waals surface area contributed by atoms with Crippen LogP contribution in [0.5, 0.6) is 5.75 Å². The average Bonchev–Trinajstić information content (AvgIpc) is 2.86. The van der Waals surface area contributed by atoms with Crippen molar-refractivity contribution < 1.29 is 5.11 Å². The molecule has 23 heavy (non-hydrogen) atoms. The van der Waals surface area contributed by atoms with E-state index in [2.05, 4.69) is 5.10 Å². The molecular formula is C17H17N5O. The summed E-state index contributed by atoms with van der Waals surface area (Å²) in [6.45, 7) is 0. The van der Waals surface area contributed by atoms with Crippen LogP contribution in [0.4, 0.5) is 11.5 Å². The van der Waals surface area contributed by atoms with Crippen molar-refractivity contribution in [2.75, 3.05) is 11.5 Å². The maximum atomic E-state index is 9.83. The Morgan fingerprint density at radius 1 is 1.00 bits per heavy atom. The minimum Gasteiger partial charge on any atom is -0.507 e. The van der Waals surface area contributed by atoms with Crippen molar-refractivity contribution in [2.24, 2.45) is 5.73 Å². The summed E-state index contributed by atoms with van der Waals surface area (Å²) in [5.41, 5.74) is 20.6. The maximum Gasteiger partial charge on any atom is 0.151 e. The van der Waals surface area contributed by atoms with E-state index in [0.29, 0.717) is 28.5 Å². The summed E-state index contributed by atoms with van der Waals surface area (Å²) in [6, 6.07) is 16.3. The highest BCUT2D eigenvalue weighted by atomic mass is 16.3. The van der Waals surface area contributed by atoms with Crippen LogP contribution in [0.3, 0.4) is 0 Å². The van der Waals surface area contributed by atoms with Gasteiger partial charge >= 0.3 is 0 Å². The fourth-order valence-corrected chi connectivity index (χ4v) is 2.27. The van der Waals surface area contributed by atoms with E-state index in [-0.39, 0.29) is 5.75 Å². The largest absolute Gasteiger partial charge is 0.507 e. The van der Waals surface area contributed by atoms with Crippen LogP contribution in [0.15, 0.2) is 54.6 Å². The molecule has 0 aliphatic rings. The number of aromatic hydroxyl groups is 1. The van der Waals surface area contributed by atoms with Crippen LogP contribution in [0.2, 0.25) is 0 Å². The van der Waals surface area contributed by atoms with Gasteiger partial charge in [-0.05, 0) is 24.3 Å². The highest BCUT2D eigenvalue weighted by Crippen LogP contribution is 2.28. The number of nitrogen functional groups attached to an aromatic ring is 2. The molecule has 3 rings (SSSR count). The van der Waals surface area contributed by atoms with Crippen molar-refractivity contribution in [2.45, 2.75) is 0 Å². The quantitative estimate of drug-likeness (QED) is 0.592. The van der Waals surface area contributed by atoms with E-state index in [4.69, 9.17) is 17.2 Å². The van der Waals surface area contributed by atoms with Crippen LogP contribution in [0, 0.1) is 0 Å². The van der Waals surface area contributed by atoms with Crippen LogP contribution in [-0.4, -0.2) is 14.9 Å². The number of rotatable bonds is 3. The van der Waals surface area contributed by atoms with E-state index >= 15 is 0 Å². The zero-order chi connectivity index (χ0) is 16.4. The van der Waals surface area contributed by atoms with Crippen molar-refractivity contribution >= 4 is 23.3 Å². The fourth-order valence-electron chi connectivity index (χ4n) is 2.27. The number of aromatic nitrogens is 2. The van der Waals surface area contributed by atoms with Crippen molar-refractivity contribution in [1.82, 2.24) is 9.78 Å². The summed E-state index contributed by atoms with van der Waals surface area (Å²) in [5, 5.41) is 14.2. The molecule has 0 aliphatic heterocycles. The number of benzene rings is 2. The van der Waals surface area contributed by atoms with Crippen molar-refractivity contribution in [1.29, 1.82) is 0 Å². The van der Waals surface area contributed by atoms with Crippen LogP contribution < -0.4 is 17.2 Å². The first kappa shape index (κ1) is 14.5. The first-order valence-electron chi connectivity index (χ1n) is 7.03. The molecule has 1 aromatic heterocycles. The molecule has 0 spiro atoms. The first-order chi connectivity index (χ1) is 11.1. The van der Waals surface area contributed by atoms with Gasteiger partial charge in [0.2, 0.25) is 0 Å². The van der Waals surface area contributed by atoms with Gasteiger partial charge in [0.1, 0.15) is 17.1 Å². The molecule has 0 saturated carbocycles. The zero-order valence-corrected chi connectivity index (χ0v) is 12.3. The minimum atomic E-state index is 0.129. The van der Waals surface area contributed by atoms with Gasteiger partial charge in [-0.15, -0.1) is 0 Å². The van der Waals surface area contributed by atoms with E-state index < -0.39 is 0 Å². The monoisotopic (exact) mass is 307 g/mol. The number of phenols is 1. The molecule has 0 fully saturated rings. The summed E-state index contributed by atoms with van der Waals surface area (Å²) in [4.78, 5) is 0. The molecule has 0 radical (unpaired) electrons. The normalized spacial score (nSPS) is 11.6. The van der Waals surface area contributed by atoms with E-state index in [9.17, 15) is 5.11 Å². The molecule has 6 heteroatoms. The van der Waals surface area contributed by atoms with E-state index in [1.54, 1.807) is 30.3 Å². The van der Waals surface area contributed by atoms with Gasteiger partial charge in [0.25, 0.3) is 0 Å².